The maximum atomic E-state index is 13.0. The van der Waals surface area contributed by atoms with Gasteiger partial charge in [-0.2, -0.15) is 13.2 Å². The van der Waals surface area contributed by atoms with Crippen molar-refractivity contribution in [3.05, 3.63) is 54.1 Å². The predicted octanol–water partition coefficient (Wildman–Crippen LogP) is 4.33. The highest BCUT2D eigenvalue weighted by Crippen LogP contribution is 2.32. The van der Waals surface area contributed by atoms with Gasteiger partial charge in [-0.05, 0) is 69.9 Å². The van der Waals surface area contributed by atoms with E-state index in [1.54, 1.807) is 6.07 Å². The van der Waals surface area contributed by atoms with E-state index in [2.05, 4.69) is 5.32 Å². The highest BCUT2D eigenvalue weighted by molar-refractivity contribution is 7.90. The van der Waals surface area contributed by atoms with Crippen LogP contribution in [0.1, 0.15) is 45.1 Å². The SMILES string of the molecule is CC(C)Oc1ccccc1N[C@H]1CC[C@@H](C(=O)NS(=O)(=O)c2cccc(C(F)(F)F)c2)CC[C@@H]1O. The first-order valence-corrected chi connectivity index (χ1v) is 12.8. The fourth-order valence-corrected chi connectivity index (χ4v) is 5.07. The van der Waals surface area contributed by atoms with Crippen LogP contribution in [0.3, 0.4) is 0 Å². The van der Waals surface area contributed by atoms with Crippen LogP contribution in [0.15, 0.2) is 53.4 Å². The molecule has 0 radical (unpaired) electrons. The van der Waals surface area contributed by atoms with Gasteiger partial charge in [0, 0.05) is 5.92 Å². The molecule has 1 fully saturated rings. The molecule has 35 heavy (non-hydrogen) atoms. The van der Waals surface area contributed by atoms with Crippen molar-refractivity contribution in [2.45, 2.75) is 68.9 Å². The van der Waals surface area contributed by atoms with Crippen molar-refractivity contribution in [2.24, 2.45) is 5.92 Å². The number of sulfonamides is 1. The fourth-order valence-electron chi connectivity index (χ4n) is 3.98. The number of aliphatic hydroxyl groups is 1. The summed E-state index contributed by atoms with van der Waals surface area (Å²) >= 11 is 0. The van der Waals surface area contributed by atoms with Gasteiger partial charge in [-0.25, -0.2) is 13.1 Å². The second-order valence-corrected chi connectivity index (χ2v) is 10.5. The fraction of sp³-hybridized carbons (Fsp3) is 0.458. The monoisotopic (exact) mass is 514 g/mol. The Morgan fingerprint density at radius 2 is 1.74 bits per heavy atom. The van der Waals surface area contributed by atoms with E-state index in [0.29, 0.717) is 23.9 Å². The molecule has 0 bridgehead atoms. The molecule has 1 amide bonds. The molecule has 2 aromatic carbocycles. The number of nitrogens with one attached hydrogen (secondary N) is 2. The summed E-state index contributed by atoms with van der Waals surface area (Å²) in [4.78, 5) is 12.1. The van der Waals surface area contributed by atoms with E-state index in [4.69, 9.17) is 4.74 Å². The van der Waals surface area contributed by atoms with E-state index in [-0.39, 0.29) is 25.4 Å². The van der Waals surface area contributed by atoms with Gasteiger partial charge >= 0.3 is 6.18 Å². The largest absolute Gasteiger partial charge is 0.489 e. The van der Waals surface area contributed by atoms with Crippen LogP contribution in [0.25, 0.3) is 0 Å². The number of carbonyl (C=O) groups excluding carboxylic acids is 1. The Labute approximate surface area is 202 Å². The number of carbonyl (C=O) groups is 1. The van der Waals surface area contributed by atoms with Gasteiger partial charge in [0.05, 0.1) is 34.4 Å². The molecule has 3 rings (SSSR count). The first-order chi connectivity index (χ1) is 16.4. The Hall–Kier alpha value is -2.79. The van der Waals surface area contributed by atoms with Crippen LogP contribution in [-0.4, -0.2) is 37.7 Å². The van der Waals surface area contributed by atoms with E-state index in [0.717, 1.165) is 18.2 Å². The minimum absolute atomic E-state index is 0.0520. The van der Waals surface area contributed by atoms with Crippen molar-refractivity contribution >= 4 is 21.6 Å². The third-order valence-electron chi connectivity index (χ3n) is 5.77. The third kappa shape index (κ3) is 7.11. The highest BCUT2D eigenvalue weighted by Gasteiger charge is 2.34. The van der Waals surface area contributed by atoms with Gasteiger partial charge in [0.15, 0.2) is 0 Å². The summed E-state index contributed by atoms with van der Waals surface area (Å²) < 4.78 is 71.7. The number of amides is 1. The quantitative estimate of drug-likeness (QED) is 0.475. The molecule has 192 valence electrons. The summed E-state index contributed by atoms with van der Waals surface area (Å²) in [6, 6.07) is 10.1. The van der Waals surface area contributed by atoms with Crippen LogP contribution in [-0.2, 0) is 21.0 Å². The first kappa shape index (κ1) is 26.8. The third-order valence-corrected chi connectivity index (χ3v) is 7.11. The van der Waals surface area contributed by atoms with Crippen LogP contribution < -0.4 is 14.8 Å². The number of hydrogen-bond donors (Lipinski definition) is 3. The zero-order valence-corrected chi connectivity index (χ0v) is 20.2. The molecule has 3 atom stereocenters. The molecule has 0 aromatic heterocycles. The lowest BCUT2D eigenvalue weighted by atomic mass is 10.00. The molecule has 0 saturated heterocycles. The van der Waals surface area contributed by atoms with Crippen LogP contribution in [0, 0.1) is 5.92 Å². The molecule has 0 aliphatic heterocycles. The number of halogens is 3. The van der Waals surface area contributed by atoms with E-state index >= 15 is 0 Å². The standard InChI is InChI=1S/C24H29F3N2O5S/c1-15(2)34-22-9-4-3-8-20(22)28-19-12-10-16(11-13-21(19)30)23(31)29-35(32,33)18-7-5-6-17(14-18)24(25,26)27/h3-9,14-16,19,21,28,30H,10-13H2,1-2H3,(H,29,31)/t16-,19+,21+/m1/s1. The molecule has 7 nitrogen and oxygen atoms in total. The summed E-state index contributed by atoms with van der Waals surface area (Å²) in [5.74, 6) is -0.904. The van der Waals surface area contributed by atoms with Crippen molar-refractivity contribution in [3.63, 3.8) is 0 Å². The lowest BCUT2D eigenvalue weighted by Crippen LogP contribution is -2.35. The predicted molar refractivity (Wildman–Crippen MR) is 124 cm³/mol. The molecule has 2 aromatic rings. The molecule has 0 heterocycles. The van der Waals surface area contributed by atoms with Gasteiger partial charge in [-0.3, -0.25) is 4.79 Å². The smallest absolute Gasteiger partial charge is 0.416 e. The molecule has 1 aliphatic rings. The molecular weight excluding hydrogens is 485 g/mol. The van der Waals surface area contributed by atoms with Gasteiger partial charge in [0.1, 0.15) is 5.75 Å². The van der Waals surface area contributed by atoms with Crippen LogP contribution >= 0.6 is 0 Å². The molecule has 0 unspecified atom stereocenters. The molecule has 11 heteroatoms. The van der Waals surface area contributed by atoms with E-state index in [9.17, 15) is 31.5 Å². The lowest BCUT2D eigenvalue weighted by Gasteiger charge is -2.24. The second-order valence-electron chi connectivity index (χ2n) is 8.83. The van der Waals surface area contributed by atoms with Gasteiger partial charge in [0.2, 0.25) is 5.91 Å². The van der Waals surface area contributed by atoms with E-state index in [1.165, 1.54) is 0 Å². The Balaban J connectivity index is 1.67. The maximum Gasteiger partial charge on any atom is 0.416 e. The molecule has 0 spiro atoms. The number of rotatable bonds is 7. The Kier molecular flexibility index (Phi) is 8.32. The average molecular weight is 515 g/mol. The van der Waals surface area contributed by atoms with Crippen LogP contribution in [0.5, 0.6) is 5.75 Å². The van der Waals surface area contributed by atoms with Gasteiger partial charge in [-0.15, -0.1) is 0 Å². The first-order valence-electron chi connectivity index (χ1n) is 11.3. The summed E-state index contributed by atoms with van der Waals surface area (Å²) in [5.41, 5.74) is -0.429. The number of para-hydroxylation sites is 2. The van der Waals surface area contributed by atoms with Crippen molar-refractivity contribution in [3.8, 4) is 5.75 Å². The van der Waals surface area contributed by atoms with E-state index < -0.39 is 50.6 Å². The van der Waals surface area contributed by atoms with Crippen molar-refractivity contribution in [1.29, 1.82) is 0 Å². The molecule has 1 aliphatic carbocycles. The van der Waals surface area contributed by atoms with Crippen molar-refractivity contribution in [1.82, 2.24) is 4.72 Å². The minimum Gasteiger partial charge on any atom is -0.489 e. The number of ether oxygens (including phenoxy) is 1. The number of benzene rings is 2. The molecular formula is C24H29F3N2O5S. The van der Waals surface area contributed by atoms with E-state index in [1.807, 2.05) is 36.8 Å². The zero-order chi connectivity index (χ0) is 25.8. The van der Waals surface area contributed by atoms with Crippen LogP contribution in [0.4, 0.5) is 18.9 Å². The highest BCUT2D eigenvalue weighted by atomic mass is 32.2. The summed E-state index contributed by atoms with van der Waals surface area (Å²) in [5, 5.41) is 13.9. The molecule has 3 N–H and O–H groups in total. The number of hydrogen-bond acceptors (Lipinski definition) is 6. The minimum atomic E-state index is -4.71. The number of aliphatic hydroxyl groups excluding tert-OH is 1. The summed E-state index contributed by atoms with van der Waals surface area (Å²) in [7, 11) is -4.49. The normalized spacial score (nSPS) is 21.3. The summed E-state index contributed by atoms with van der Waals surface area (Å²) in [6.07, 6.45) is -4.43. The topological polar surface area (TPSA) is 105 Å². The maximum absolute atomic E-state index is 13.0. The van der Waals surface area contributed by atoms with Gasteiger partial charge in [-0.1, -0.05) is 18.2 Å². The van der Waals surface area contributed by atoms with Gasteiger partial charge < -0.3 is 15.2 Å². The average Bonchev–Trinajstić information content (AvgIpc) is 2.96. The summed E-state index contributed by atoms with van der Waals surface area (Å²) in [6.45, 7) is 3.79. The van der Waals surface area contributed by atoms with Gasteiger partial charge in [0.25, 0.3) is 10.0 Å². The Bertz CT molecular complexity index is 1140. The van der Waals surface area contributed by atoms with Crippen LogP contribution in [0.2, 0.25) is 0 Å². The molecule has 1 saturated carbocycles. The van der Waals surface area contributed by atoms with Crippen molar-refractivity contribution < 1.29 is 36.2 Å². The lowest BCUT2D eigenvalue weighted by molar-refractivity contribution is -0.137. The number of anilines is 1. The zero-order valence-electron chi connectivity index (χ0n) is 19.4. The Morgan fingerprint density at radius 3 is 2.43 bits per heavy atom. The van der Waals surface area contributed by atoms with Crippen molar-refractivity contribution in [2.75, 3.05) is 5.32 Å². The Morgan fingerprint density at radius 1 is 1.06 bits per heavy atom. The number of alkyl halides is 3. The second kappa shape index (κ2) is 10.9.